The lowest BCUT2D eigenvalue weighted by molar-refractivity contribution is 0.102. The Balaban J connectivity index is 1.70. The molecule has 8 nitrogen and oxygen atoms in total. The van der Waals surface area contributed by atoms with Crippen LogP contribution in [0.25, 0.3) is 0 Å². The molecule has 0 radical (unpaired) electrons. The van der Waals surface area contributed by atoms with Crippen LogP contribution in [0.4, 0.5) is 5.69 Å². The summed E-state index contributed by atoms with van der Waals surface area (Å²) in [4.78, 5) is 14.8. The Kier molecular flexibility index (Phi) is 8.04. The molecule has 0 fully saturated rings. The highest BCUT2D eigenvalue weighted by atomic mass is 32.2. The molecule has 0 unspecified atom stereocenters. The van der Waals surface area contributed by atoms with Crippen LogP contribution in [0.1, 0.15) is 49.2 Å². The van der Waals surface area contributed by atoms with Crippen LogP contribution >= 0.6 is 0 Å². The number of hydrogen-bond donors (Lipinski definition) is 2. The van der Waals surface area contributed by atoms with Crippen molar-refractivity contribution < 1.29 is 22.7 Å². The second-order valence-corrected chi connectivity index (χ2v) is 10.8. The van der Waals surface area contributed by atoms with Crippen LogP contribution in [0.5, 0.6) is 11.5 Å². The summed E-state index contributed by atoms with van der Waals surface area (Å²) in [5.41, 5.74) is 3.46. The van der Waals surface area contributed by atoms with Gasteiger partial charge in [0, 0.05) is 17.3 Å². The molecule has 0 aliphatic carbocycles. The molecule has 36 heavy (non-hydrogen) atoms. The highest BCUT2D eigenvalue weighted by Crippen LogP contribution is 2.28. The van der Waals surface area contributed by atoms with Crippen LogP contribution in [0, 0.1) is 0 Å². The predicted octanol–water partition coefficient (Wildman–Crippen LogP) is 4.96. The molecule has 0 aliphatic heterocycles. The average Bonchev–Trinajstić information content (AvgIpc) is 2.86. The molecule has 2 N–H and O–H groups in total. The monoisotopic (exact) mass is 509 g/mol. The van der Waals surface area contributed by atoms with Crippen molar-refractivity contribution in [3.63, 3.8) is 0 Å². The van der Waals surface area contributed by atoms with E-state index < -0.39 is 10.0 Å². The van der Waals surface area contributed by atoms with E-state index in [1.54, 1.807) is 37.3 Å². The van der Waals surface area contributed by atoms with E-state index in [4.69, 9.17) is 9.47 Å². The zero-order valence-electron chi connectivity index (χ0n) is 21.2. The Morgan fingerprint density at radius 3 is 2.03 bits per heavy atom. The summed E-state index contributed by atoms with van der Waals surface area (Å²) in [6.07, 6.45) is 0. The van der Waals surface area contributed by atoms with Gasteiger partial charge in [-0.2, -0.15) is 18.4 Å². The van der Waals surface area contributed by atoms with Gasteiger partial charge in [-0.3, -0.25) is 4.79 Å². The lowest BCUT2D eigenvalue weighted by atomic mass is 9.87. The van der Waals surface area contributed by atoms with E-state index in [0.29, 0.717) is 28.3 Å². The normalized spacial score (nSPS) is 12.1. The standard InChI is InChI=1S/C27H31N3O5S/c1-18(29-30-36(32,33)25-17-23(34-5)15-16-24(25)35-6)19-9-13-22(14-10-19)28-26(31)20-7-11-21(12-8-20)27(2,3)4/h7-17,30H,1-6H3,(H,28,31)/b29-18+. The van der Waals surface area contributed by atoms with Gasteiger partial charge in [0.25, 0.3) is 15.9 Å². The largest absolute Gasteiger partial charge is 0.497 e. The zero-order valence-corrected chi connectivity index (χ0v) is 22.1. The van der Waals surface area contributed by atoms with Gasteiger partial charge in [-0.05, 0) is 59.9 Å². The van der Waals surface area contributed by atoms with Crippen molar-refractivity contribution in [3.8, 4) is 11.5 Å². The topological polar surface area (TPSA) is 106 Å². The van der Waals surface area contributed by atoms with Crippen LogP contribution in [0.15, 0.2) is 76.7 Å². The Bertz CT molecular complexity index is 1360. The fraction of sp³-hybridized carbons (Fsp3) is 0.259. The van der Waals surface area contributed by atoms with E-state index in [0.717, 1.165) is 5.56 Å². The van der Waals surface area contributed by atoms with Crippen molar-refractivity contribution in [1.82, 2.24) is 4.83 Å². The Morgan fingerprint density at radius 1 is 0.861 bits per heavy atom. The molecule has 0 atom stereocenters. The zero-order chi connectivity index (χ0) is 26.5. The van der Waals surface area contributed by atoms with E-state index in [9.17, 15) is 13.2 Å². The van der Waals surface area contributed by atoms with E-state index in [2.05, 4.69) is 36.0 Å². The third kappa shape index (κ3) is 6.42. The Labute approximate surface area is 212 Å². The lowest BCUT2D eigenvalue weighted by Gasteiger charge is -2.19. The van der Waals surface area contributed by atoms with E-state index in [-0.39, 0.29) is 22.0 Å². The molecule has 0 bridgehead atoms. The minimum Gasteiger partial charge on any atom is -0.497 e. The van der Waals surface area contributed by atoms with Crippen molar-refractivity contribution in [2.45, 2.75) is 38.0 Å². The fourth-order valence-corrected chi connectivity index (χ4v) is 4.40. The van der Waals surface area contributed by atoms with Gasteiger partial charge in [0.15, 0.2) is 0 Å². The predicted molar refractivity (Wildman–Crippen MR) is 142 cm³/mol. The molecular weight excluding hydrogens is 478 g/mol. The van der Waals surface area contributed by atoms with Crippen molar-refractivity contribution in [1.29, 1.82) is 0 Å². The summed E-state index contributed by atoms with van der Waals surface area (Å²) < 4.78 is 35.9. The molecule has 0 saturated carbocycles. The Hall–Kier alpha value is -3.85. The van der Waals surface area contributed by atoms with Crippen LogP contribution in [-0.2, 0) is 15.4 Å². The van der Waals surface area contributed by atoms with E-state index in [1.165, 1.54) is 26.4 Å². The van der Waals surface area contributed by atoms with Gasteiger partial charge in [0.1, 0.15) is 16.4 Å². The maximum absolute atomic E-state index is 12.8. The fourth-order valence-electron chi connectivity index (χ4n) is 3.36. The summed E-state index contributed by atoms with van der Waals surface area (Å²) in [6.45, 7) is 8.04. The molecule has 3 rings (SSSR count). The quantitative estimate of drug-likeness (QED) is 0.330. The molecular formula is C27H31N3O5S. The smallest absolute Gasteiger partial charge is 0.280 e. The molecule has 0 heterocycles. The van der Waals surface area contributed by atoms with E-state index in [1.807, 2.05) is 24.3 Å². The molecule has 0 saturated heterocycles. The van der Waals surface area contributed by atoms with Crippen LogP contribution < -0.4 is 19.6 Å². The van der Waals surface area contributed by atoms with Gasteiger partial charge in [0.05, 0.1) is 19.9 Å². The molecule has 0 aliphatic rings. The first kappa shape index (κ1) is 26.7. The molecule has 1 amide bonds. The average molecular weight is 510 g/mol. The number of ether oxygens (including phenoxy) is 2. The first-order valence-corrected chi connectivity index (χ1v) is 12.7. The third-order valence-corrected chi connectivity index (χ3v) is 6.80. The maximum Gasteiger partial charge on any atom is 0.280 e. The second kappa shape index (κ2) is 10.8. The molecule has 3 aromatic rings. The number of carbonyl (C=O) groups is 1. The number of carbonyl (C=O) groups excluding carboxylic acids is 1. The van der Waals surface area contributed by atoms with Gasteiger partial charge in [-0.15, -0.1) is 0 Å². The highest BCUT2D eigenvalue weighted by molar-refractivity contribution is 7.89. The van der Waals surface area contributed by atoms with Crippen LogP contribution in [0.3, 0.4) is 0 Å². The minimum absolute atomic E-state index is 0.0124. The molecule has 3 aromatic carbocycles. The van der Waals surface area contributed by atoms with Gasteiger partial charge < -0.3 is 14.8 Å². The number of nitrogens with one attached hydrogen (secondary N) is 2. The number of hydrogen-bond acceptors (Lipinski definition) is 6. The molecule has 0 aromatic heterocycles. The van der Waals surface area contributed by atoms with Crippen molar-refractivity contribution in [2.24, 2.45) is 5.10 Å². The Morgan fingerprint density at radius 2 is 1.47 bits per heavy atom. The molecule has 190 valence electrons. The van der Waals surface area contributed by atoms with Gasteiger partial charge in [-0.25, -0.2) is 0 Å². The summed E-state index contributed by atoms with van der Waals surface area (Å²) in [6, 6.07) is 19.0. The number of rotatable bonds is 8. The second-order valence-electron chi connectivity index (χ2n) is 9.17. The van der Waals surface area contributed by atoms with Gasteiger partial charge >= 0.3 is 0 Å². The molecule has 0 spiro atoms. The highest BCUT2D eigenvalue weighted by Gasteiger charge is 2.20. The number of nitrogens with zero attached hydrogens (tertiary/aromatic N) is 1. The van der Waals surface area contributed by atoms with Gasteiger partial charge in [-0.1, -0.05) is 45.0 Å². The number of benzene rings is 3. The summed E-state index contributed by atoms with van der Waals surface area (Å²) in [5, 5.41) is 6.90. The summed E-state index contributed by atoms with van der Waals surface area (Å²) >= 11 is 0. The SMILES string of the molecule is COc1ccc(OC)c(S(=O)(=O)N/N=C(\C)c2ccc(NC(=O)c3ccc(C(C)(C)C)cc3)cc2)c1. The number of methoxy groups -OCH3 is 2. The maximum atomic E-state index is 12.8. The van der Waals surface area contributed by atoms with Crippen LogP contribution in [0.2, 0.25) is 0 Å². The first-order chi connectivity index (χ1) is 16.9. The van der Waals surface area contributed by atoms with Gasteiger partial charge in [0.2, 0.25) is 0 Å². The minimum atomic E-state index is -4.01. The van der Waals surface area contributed by atoms with Crippen LogP contribution in [-0.4, -0.2) is 34.3 Å². The first-order valence-electron chi connectivity index (χ1n) is 11.2. The van der Waals surface area contributed by atoms with Crippen molar-refractivity contribution in [2.75, 3.05) is 19.5 Å². The van der Waals surface area contributed by atoms with E-state index >= 15 is 0 Å². The summed E-state index contributed by atoms with van der Waals surface area (Å²) in [5.74, 6) is 0.331. The number of hydrazone groups is 1. The van der Waals surface area contributed by atoms with Crippen molar-refractivity contribution in [3.05, 3.63) is 83.4 Å². The third-order valence-electron chi connectivity index (χ3n) is 5.57. The lowest BCUT2D eigenvalue weighted by Crippen LogP contribution is -2.20. The molecule has 9 heteroatoms. The summed E-state index contributed by atoms with van der Waals surface area (Å²) in [7, 11) is -1.17. The number of anilines is 1. The van der Waals surface area contributed by atoms with Crippen molar-refractivity contribution >= 4 is 27.3 Å². The number of amides is 1. The number of sulfonamides is 1.